The molecule has 3 nitrogen and oxygen atoms in total. The second kappa shape index (κ2) is 5.15. The van der Waals surface area contributed by atoms with Crippen molar-refractivity contribution in [1.82, 2.24) is 4.90 Å². The number of rotatable bonds is 3. The molecule has 1 fully saturated rings. The van der Waals surface area contributed by atoms with Crippen LogP contribution in [0.5, 0.6) is 0 Å². The van der Waals surface area contributed by atoms with Crippen molar-refractivity contribution < 1.29 is 9.90 Å². The van der Waals surface area contributed by atoms with Crippen molar-refractivity contribution in [2.45, 2.75) is 39.2 Å². The van der Waals surface area contributed by atoms with E-state index < -0.39 is 5.97 Å². The number of allylic oxidation sites excluding steroid dienone is 1. The molecule has 0 spiro atoms. The third-order valence-electron chi connectivity index (χ3n) is 2.63. The third-order valence-corrected chi connectivity index (χ3v) is 2.63. The Morgan fingerprint density at radius 2 is 2.21 bits per heavy atom. The summed E-state index contributed by atoms with van der Waals surface area (Å²) in [5.41, 5.74) is 1.25. The highest BCUT2D eigenvalue weighted by Crippen LogP contribution is 2.17. The lowest BCUT2D eigenvalue weighted by Crippen LogP contribution is -2.44. The summed E-state index contributed by atoms with van der Waals surface area (Å²) in [5.74, 6) is -0.674. The smallest absolute Gasteiger partial charge is 0.320 e. The highest BCUT2D eigenvalue weighted by Gasteiger charge is 2.27. The van der Waals surface area contributed by atoms with Crippen LogP contribution in [0, 0.1) is 0 Å². The van der Waals surface area contributed by atoms with E-state index in [0.29, 0.717) is 0 Å². The number of carbonyl (C=O) groups is 1. The average Bonchev–Trinajstić information content (AvgIpc) is 2.15. The minimum absolute atomic E-state index is 0.264. The minimum atomic E-state index is -0.674. The Hall–Kier alpha value is -0.830. The monoisotopic (exact) mass is 197 g/mol. The Morgan fingerprint density at radius 3 is 2.79 bits per heavy atom. The molecule has 1 unspecified atom stereocenters. The lowest BCUT2D eigenvalue weighted by molar-refractivity contribution is -0.144. The normalized spacial score (nSPS) is 23.1. The van der Waals surface area contributed by atoms with E-state index in [9.17, 15) is 4.79 Å². The predicted octanol–water partition coefficient (Wildman–Crippen LogP) is 1.89. The van der Waals surface area contributed by atoms with Crippen LogP contribution in [0.15, 0.2) is 11.6 Å². The molecule has 1 N–H and O–H groups in total. The second-order valence-corrected chi connectivity index (χ2v) is 4.13. The van der Waals surface area contributed by atoms with Gasteiger partial charge in [-0.25, -0.2) is 0 Å². The van der Waals surface area contributed by atoms with E-state index >= 15 is 0 Å². The molecule has 0 aliphatic carbocycles. The van der Waals surface area contributed by atoms with E-state index in [-0.39, 0.29) is 6.04 Å². The molecule has 1 heterocycles. The number of piperidine rings is 1. The number of likely N-dealkylation sites (tertiary alicyclic amines) is 1. The van der Waals surface area contributed by atoms with Gasteiger partial charge in [0.25, 0.3) is 0 Å². The topological polar surface area (TPSA) is 40.5 Å². The zero-order valence-electron chi connectivity index (χ0n) is 8.99. The van der Waals surface area contributed by atoms with Gasteiger partial charge in [0.05, 0.1) is 0 Å². The third kappa shape index (κ3) is 3.14. The van der Waals surface area contributed by atoms with E-state index in [0.717, 1.165) is 32.4 Å². The van der Waals surface area contributed by atoms with Crippen molar-refractivity contribution in [3.05, 3.63) is 11.6 Å². The van der Waals surface area contributed by atoms with Gasteiger partial charge in [0.15, 0.2) is 0 Å². The number of carboxylic acids is 1. The van der Waals surface area contributed by atoms with E-state index in [1.54, 1.807) is 0 Å². The molecule has 1 rings (SSSR count). The first-order valence-corrected chi connectivity index (χ1v) is 5.21. The summed E-state index contributed by atoms with van der Waals surface area (Å²) >= 11 is 0. The maximum Gasteiger partial charge on any atom is 0.320 e. The maximum atomic E-state index is 10.9. The van der Waals surface area contributed by atoms with Crippen LogP contribution in [0.25, 0.3) is 0 Å². The molecule has 0 radical (unpaired) electrons. The highest BCUT2D eigenvalue weighted by atomic mass is 16.4. The largest absolute Gasteiger partial charge is 0.480 e. The van der Waals surface area contributed by atoms with Crippen molar-refractivity contribution in [3.63, 3.8) is 0 Å². The highest BCUT2D eigenvalue weighted by molar-refractivity contribution is 5.73. The summed E-state index contributed by atoms with van der Waals surface area (Å²) in [5, 5.41) is 9.01. The molecule has 3 heteroatoms. The molecule has 0 amide bonds. The van der Waals surface area contributed by atoms with Gasteiger partial charge < -0.3 is 5.11 Å². The van der Waals surface area contributed by atoms with Crippen LogP contribution in [0.2, 0.25) is 0 Å². The predicted molar refractivity (Wildman–Crippen MR) is 56.3 cm³/mol. The minimum Gasteiger partial charge on any atom is -0.480 e. The summed E-state index contributed by atoms with van der Waals surface area (Å²) in [6, 6.07) is -0.264. The number of carboxylic acid groups (broad SMARTS) is 1. The average molecular weight is 197 g/mol. The van der Waals surface area contributed by atoms with Crippen LogP contribution in [0.4, 0.5) is 0 Å². The lowest BCUT2D eigenvalue weighted by Gasteiger charge is -2.31. The zero-order valence-corrected chi connectivity index (χ0v) is 8.99. The molecule has 1 aliphatic rings. The first kappa shape index (κ1) is 11.2. The van der Waals surface area contributed by atoms with Crippen LogP contribution in [-0.2, 0) is 4.79 Å². The van der Waals surface area contributed by atoms with Gasteiger partial charge in [-0.05, 0) is 33.2 Å². The van der Waals surface area contributed by atoms with E-state index in [4.69, 9.17) is 5.11 Å². The Bertz CT molecular complexity index is 231. The molecular weight excluding hydrogens is 178 g/mol. The molecule has 14 heavy (non-hydrogen) atoms. The van der Waals surface area contributed by atoms with Crippen molar-refractivity contribution in [2.75, 3.05) is 13.1 Å². The zero-order chi connectivity index (χ0) is 10.6. The van der Waals surface area contributed by atoms with Crippen LogP contribution < -0.4 is 0 Å². The Labute approximate surface area is 85.4 Å². The first-order chi connectivity index (χ1) is 6.61. The summed E-state index contributed by atoms with van der Waals surface area (Å²) in [7, 11) is 0. The molecule has 0 aromatic carbocycles. The quantitative estimate of drug-likeness (QED) is 0.702. The molecule has 1 saturated heterocycles. The Morgan fingerprint density at radius 1 is 1.50 bits per heavy atom. The summed E-state index contributed by atoms with van der Waals surface area (Å²) < 4.78 is 0. The maximum absolute atomic E-state index is 10.9. The van der Waals surface area contributed by atoms with Crippen LogP contribution in [0.1, 0.15) is 33.1 Å². The number of hydrogen-bond donors (Lipinski definition) is 1. The molecule has 0 saturated carbocycles. The van der Waals surface area contributed by atoms with E-state index in [1.165, 1.54) is 5.57 Å². The van der Waals surface area contributed by atoms with Crippen molar-refractivity contribution in [3.8, 4) is 0 Å². The fourth-order valence-electron chi connectivity index (χ4n) is 1.79. The van der Waals surface area contributed by atoms with Crippen LogP contribution in [0.3, 0.4) is 0 Å². The first-order valence-electron chi connectivity index (χ1n) is 5.21. The van der Waals surface area contributed by atoms with Gasteiger partial charge in [0.2, 0.25) is 0 Å². The summed E-state index contributed by atoms with van der Waals surface area (Å²) in [4.78, 5) is 13.0. The standard InChI is InChI=1S/C11H19NO2/c1-9(2)6-8-12-7-4-3-5-10(12)11(13)14/h6,10H,3-5,7-8H2,1-2H3,(H,13,14). The molecule has 1 atom stereocenters. The van der Waals surface area contributed by atoms with Gasteiger partial charge in [0.1, 0.15) is 6.04 Å². The number of hydrogen-bond acceptors (Lipinski definition) is 2. The Kier molecular flexibility index (Phi) is 4.14. The SMILES string of the molecule is CC(C)=CCN1CCCCC1C(=O)O. The van der Waals surface area contributed by atoms with Crippen molar-refractivity contribution in [1.29, 1.82) is 0 Å². The van der Waals surface area contributed by atoms with Gasteiger partial charge in [-0.3, -0.25) is 9.69 Å². The second-order valence-electron chi connectivity index (χ2n) is 4.13. The van der Waals surface area contributed by atoms with Crippen LogP contribution in [-0.4, -0.2) is 35.1 Å². The van der Waals surface area contributed by atoms with Crippen molar-refractivity contribution >= 4 is 5.97 Å². The molecule has 0 aromatic heterocycles. The lowest BCUT2D eigenvalue weighted by atomic mass is 10.0. The number of nitrogens with zero attached hydrogens (tertiary/aromatic N) is 1. The fourth-order valence-corrected chi connectivity index (χ4v) is 1.79. The molecule has 1 aliphatic heterocycles. The van der Waals surface area contributed by atoms with Crippen molar-refractivity contribution in [2.24, 2.45) is 0 Å². The van der Waals surface area contributed by atoms with Gasteiger partial charge in [-0.15, -0.1) is 0 Å². The number of aliphatic carboxylic acids is 1. The molecule has 80 valence electrons. The van der Waals surface area contributed by atoms with Gasteiger partial charge >= 0.3 is 5.97 Å². The molecular formula is C11H19NO2. The fraction of sp³-hybridized carbons (Fsp3) is 0.727. The Balaban J connectivity index is 2.54. The van der Waals surface area contributed by atoms with Gasteiger partial charge in [-0.1, -0.05) is 18.1 Å². The summed E-state index contributed by atoms with van der Waals surface area (Å²) in [6.07, 6.45) is 5.07. The van der Waals surface area contributed by atoms with Gasteiger partial charge in [-0.2, -0.15) is 0 Å². The van der Waals surface area contributed by atoms with E-state index in [2.05, 4.69) is 11.0 Å². The summed E-state index contributed by atoms with van der Waals surface area (Å²) in [6.45, 7) is 5.78. The molecule has 0 aromatic rings. The van der Waals surface area contributed by atoms with E-state index in [1.807, 2.05) is 13.8 Å². The van der Waals surface area contributed by atoms with Gasteiger partial charge in [0, 0.05) is 6.54 Å². The van der Waals surface area contributed by atoms with Crippen LogP contribution >= 0.6 is 0 Å². The molecule has 0 bridgehead atoms.